The maximum absolute atomic E-state index is 13.0. The van der Waals surface area contributed by atoms with E-state index < -0.39 is 0 Å². The van der Waals surface area contributed by atoms with Gasteiger partial charge in [-0.2, -0.15) is 0 Å². The van der Waals surface area contributed by atoms with Crippen molar-refractivity contribution in [2.75, 3.05) is 13.6 Å². The third kappa shape index (κ3) is 1.80. The number of rotatable bonds is 2. The standard InChI is InChI=1S/C12H16FN/c1-14-8-10-4-2-3-9-7-11(13)5-6-12(9)10/h5-7,10,14H,2-4,8H2,1H3. The Balaban J connectivity index is 2.30. The van der Waals surface area contributed by atoms with Crippen LogP contribution in [0.15, 0.2) is 18.2 Å². The van der Waals surface area contributed by atoms with Gasteiger partial charge in [-0.15, -0.1) is 0 Å². The normalized spacial score (nSPS) is 20.6. The molecule has 1 aromatic carbocycles. The lowest BCUT2D eigenvalue weighted by molar-refractivity contribution is 0.524. The third-order valence-electron chi connectivity index (χ3n) is 2.99. The number of fused-ring (bicyclic) bond motifs is 1. The minimum atomic E-state index is -0.103. The molecule has 1 unspecified atom stereocenters. The first kappa shape index (κ1) is 9.66. The molecular weight excluding hydrogens is 177 g/mol. The average molecular weight is 193 g/mol. The molecule has 0 aliphatic heterocycles. The lowest BCUT2D eigenvalue weighted by Crippen LogP contribution is -2.21. The summed E-state index contributed by atoms with van der Waals surface area (Å²) in [6.45, 7) is 0.999. The summed E-state index contributed by atoms with van der Waals surface area (Å²) in [5.41, 5.74) is 2.54. The zero-order chi connectivity index (χ0) is 9.97. The van der Waals surface area contributed by atoms with E-state index in [1.165, 1.54) is 24.0 Å². The van der Waals surface area contributed by atoms with Crippen LogP contribution in [-0.2, 0) is 6.42 Å². The second-order valence-corrected chi connectivity index (χ2v) is 3.99. The van der Waals surface area contributed by atoms with Gasteiger partial charge in [0.25, 0.3) is 0 Å². The molecule has 0 radical (unpaired) electrons. The van der Waals surface area contributed by atoms with Gasteiger partial charge in [-0.1, -0.05) is 6.07 Å². The third-order valence-corrected chi connectivity index (χ3v) is 2.99. The van der Waals surface area contributed by atoms with Crippen LogP contribution in [0.2, 0.25) is 0 Å². The van der Waals surface area contributed by atoms with Gasteiger partial charge in [-0.05, 0) is 55.5 Å². The quantitative estimate of drug-likeness (QED) is 0.760. The molecular formula is C12H16FN. The Bertz CT molecular complexity index is 322. The number of halogens is 1. The van der Waals surface area contributed by atoms with Crippen LogP contribution in [0.1, 0.15) is 29.9 Å². The van der Waals surface area contributed by atoms with Gasteiger partial charge in [0.05, 0.1) is 0 Å². The summed E-state index contributed by atoms with van der Waals surface area (Å²) < 4.78 is 13.0. The Hall–Kier alpha value is -0.890. The lowest BCUT2D eigenvalue weighted by atomic mass is 9.83. The second-order valence-electron chi connectivity index (χ2n) is 3.99. The fourth-order valence-electron chi connectivity index (χ4n) is 2.34. The maximum atomic E-state index is 13.0. The summed E-state index contributed by atoms with van der Waals surface area (Å²) in [6.07, 6.45) is 3.44. The first-order valence-electron chi connectivity index (χ1n) is 5.24. The number of hydrogen-bond donors (Lipinski definition) is 1. The zero-order valence-electron chi connectivity index (χ0n) is 8.52. The second kappa shape index (κ2) is 4.09. The number of benzene rings is 1. The highest BCUT2D eigenvalue weighted by Crippen LogP contribution is 2.31. The first-order valence-corrected chi connectivity index (χ1v) is 5.24. The van der Waals surface area contributed by atoms with Crippen molar-refractivity contribution in [3.63, 3.8) is 0 Å². The summed E-state index contributed by atoms with van der Waals surface area (Å²) in [7, 11) is 1.97. The molecule has 1 aliphatic carbocycles. The molecule has 0 bridgehead atoms. The van der Waals surface area contributed by atoms with E-state index in [0.29, 0.717) is 5.92 Å². The van der Waals surface area contributed by atoms with Crippen molar-refractivity contribution in [2.24, 2.45) is 0 Å². The minimum Gasteiger partial charge on any atom is -0.319 e. The van der Waals surface area contributed by atoms with Crippen molar-refractivity contribution in [2.45, 2.75) is 25.2 Å². The molecule has 0 spiro atoms. The van der Waals surface area contributed by atoms with Crippen LogP contribution in [-0.4, -0.2) is 13.6 Å². The largest absolute Gasteiger partial charge is 0.319 e. The van der Waals surface area contributed by atoms with Crippen molar-refractivity contribution >= 4 is 0 Å². The number of aryl methyl sites for hydroxylation is 1. The number of nitrogens with one attached hydrogen (secondary N) is 1. The zero-order valence-corrected chi connectivity index (χ0v) is 8.52. The van der Waals surface area contributed by atoms with Gasteiger partial charge in [0.15, 0.2) is 0 Å². The fourth-order valence-corrected chi connectivity index (χ4v) is 2.34. The molecule has 14 heavy (non-hydrogen) atoms. The monoisotopic (exact) mass is 193 g/mol. The highest BCUT2D eigenvalue weighted by Gasteiger charge is 2.19. The summed E-state index contributed by atoms with van der Waals surface area (Å²) in [5, 5.41) is 3.20. The molecule has 1 aromatic rings. The smallest absolute Gasteiger partial charge is 0.123 e. The van der Waals surface area contributed by atoms with Crippen LogP contribution >= 0.6 is 0 Å². The Labute approximate surface area is 84.3 Å². The Morgan fingerprint density at radius 3 is 3.14 bits per heavy atom. The molecule has 1 nitrogen and oxygen atoms in total. The van der Waals surface area contributed by atoms with Crippen molar-refractivity contribution in [1.29, 1.82) is 0 Å². The molecule has 2 rings (SSSR count). The minimum absolute atomic E-state index is 0.103. The van der Waals surface area contributed by atoms with Crippen LogP contribution in [0.3, 0.4) is 0 Å². The molecule has 0 heterocycles. The summed E-state index contributed by atoms with van der Waals surface area (Å²) >= 11 is 0. The van der Waals surface area contributed by atoms with E-state index in [1.807, 2.05) is 13.1 Å². The molecule has 1 N–H and O–H groups in total. The van der Waals surface area contributed by atoms with E-state index in [4.69, 9.17) is 0 Å². The Morgan fingerprint density at radius 2 is 2.36 bits per heavy atom. The summed E-state index contributed by atoms with van der Waals surface area (Å²) in [6, 6.07) is 5.22. The first-order chi connectivity index (χ1) is 6.81. The van der Waals surface area contributed by atoms with Gasteiger partial charge in [-0.25, -0.2) is 4.39 Å². The number of hydrogen-bond acceptors (Lipinski definition) is 1. The topological polar surface area (TPSA) is 12.0 Å². The van der Waals surface area contributed by atoms with Crippen molar-refractivity contribution < 1.29 is 4.39 Å². The SMILES string of the molecule is CNCC1CCCc2cc(F)ccc21. The van der Waals surface area contributed by atoms with E-state index in [0.717, 1.165) is 13.0 Å². The summed E-state index contributed by atoms with van der Waals surface area (Å²) in [4.78, 5) is 0. The van der Waals surface area contributed by atoms with Crippen LogP contribution in [0, 0.1) is 5.82 Å². The van der Waals surface area contributed by atoms with Crippen molar-refractivity contribution in [3.8, 4) is 0 Å². The molecule has 0 saturated heterocycles. The molecule has 0 fully saturated rings. The van der Waals surface area contributed by atoms with Gasteiger partial charge in [0.1, 0.15) is 5.82 Å². The van der Waals surface area contributed by atoms with Gasteiger partial charge in [-0.3, -0.25) is 0 Å². The molecule has 0 saturated carbocycles. The number of likely N-dealkylation sites (N-methyl/N-ethyl adjacent to an activating group) is 1. The van der Waals surface area contributed by atoms with Gasteiger partial charge >= 0.3 is 0 Å². The Kier molecular flexibility index (Phi) is 2.82. The van der Waals surface area contributed by atoms with Crippen LogP contribution < -0.4 is 5.32 Å². The lowest BCUT2D eigenvalue weighted by Gasteiger charge is -2.25. The van der Waals surface area contributed by atoms with Gasteiger partial charge in [0.2, 0.25) is 0 Å². The molecule has 2 heteroatoms. The molecule has 76 valence electrons. The predicted molar refractivity (Wildman–Crippen MR) is 56.0 cm³/mol. The van der Waals surface area contributed by atoms with Gasteiger partial charge in [0, 0.05) is 6.54 Å². The highest BCUT2D eigenvalue weighted by molar-refractivity contribution is 5.33. The van der Waals surface area contributed by atoms with E-state index in [1.54, 1.807) is 12.1 Å². The van der Waals surface area contributed by atoms with E-state index >= 15 is 0 Å². The van der Waals surface area contributed by atoms with E-state index in [9.17, 15) is 4.39 Å². The van der Waals surface area contributed by atoms with Gasteiger partial charge < -0.3 is 5.32 Å². The molecule has 0 amide bonds. The molecule has 0 aromatic heterocycles. The maximum Gasteiger partial charge on any atom is 0.123 e. The summed E-state index contributed by atoms with van der Waals surface area (Å²) in [5.74, 6) is 0.471. The van der Waals surface area contributed by atoms with Crippen molar-refractivity contribution in [1.82, 2.24) is 5.32 Å². The van der Waals surface area contributed by atoms with E-state index in [-0.39, 0.29) is 5.82 Å². The van der Waals surface area contributed by atoms with Crippen LogP contribution in [0.25, 0.3) is 0 Å². The molecule has 1 atom stereocenters. The Morgan fingerprint density at radius 1 is 1.50 bits per heavy atom. The van der Waals surface area contributed by atoms with E-state index in [2.05, 4.69) is 5.32 Å². The van der Waals surface area contributed by atoms with Crippen LogP contribution in [0.5, 0.6) is 0 Å². The van der Waals surface area contributed by atoms with Crippen molar-refractivity contribution in [3.05, 3.63) is 35.1 Å². The molecule has 1 aliphatic rings. The van der Waals surface area contributed by atoms with Crippen LogP contribution in [0.4, 0.5) is 4.39 Å². The highest BCUT2D eigenvalue weighted by atomic mass is 19.1. The predicted octanol–water partition coefficient (Wildman–Crippen LogP) is 2.47. The fraction of sp³-hybridized carbons (Fsp3) is 0.500. The average Bonchev–Trinajstić information content (AvgIpc) is 2.18.